The van der Waals surface area contributed by atoms with Crippen LogP contribution in [0.2, 0.25) is 0 Å². The molecule has 0 aliphatic heterocycles. The first-order chi connectivity index (χ1) is 5.97. The summed E-state index contributed by atoms with van der Waals surface area (Å²) < 4.78 is 5.21. The molecule has 2 rings (SSSR count). The van der Waals surface area contributed by atoms with E-state index in [1.54, 1.807) is 0 Å². The van der Waals surface area contributed by atoms with Gasteiger partial charge in [0.1, 0.15) is 0 Å². The van der Waals surface area contributed by atoms with Crippen LogP contribution < -0.4 is 0 Å². The van der Waals surface area contributed by atoms with E-state index in [9.17, 15) is 0 Å². The first-order valence-corrected chi connectivity index (χ1v) is 4.73. The third-order valence-electron chi connectivity index (χ3n) is 2.58. The average Bonchev–Trinajstić information content (AvgIpc) is 2.48. The highest BCUT2D eigenvalue weighted by molar-refractivity contribution is 4.88. The summed E-state index contributed by atoms with van der Waals surface area (Å²) in [5.74, 6) is 1.38. The summed E-state index contributed by atoms with van der Waals surface area (Å²) in [6.07, 6.45) is 9.24. The van der Waals surface area contributed by atoms with Gasteiger partial charge in [0.2, 0.25) is 12.3 Å². The summed E-state index contributed by atoms with van der Waals surface area (Å²) in [4.78, 5) is 0. The molecule has 0 N–H and O–H groups in total. The van der Waals surface area contributed by atoms with Gasteiger partial charge in [-0.2, -0.15) is 0 Å². The Kier molecular flexibility index (Phi) is 2.39. The third kappa shape index (κ3) is 1.65. The molecule has 1 aromatic heterocycles. The molecule has 0 aromatic carbocycles. The van der Waals surface area contributed by atoms with Crippen molar-refractivity contribution >= 4 is 0 Å². The Hall–Kier alpha value is -0.860. The molecular weight excluding hydrogens is 152 g/mol. The zero-order chi connectivity index (χ0) is 8.23. The Labute approximate surface area is 72.2 Å². The van der Waals surface area contributed by atoms with Crippen molar-refractivity contribution in [1.82, 2.24) is 10.2 Å². The monoisotopic (exact) mass is 166 g/mol. The summed E-state index contributed by atoms with van der Waals surface area (Å²) >= 11 is 0. The topological polar surface area (TPSA) is 38.9 Å². The molecule has 3 heteroatoms. The molecule has 1 saturated carbocycles. The Morgan fingerprint density at radius 2 is 1.92 bits per heavy atom. The van der Waals surface area contributed by atoms with Crippen LogP contribution in [0.5, 0.6) is 0 Å². The van der Waals surface area contributed by atoms with Crippen LogP contribution >= 0.6 is 0 Å². The summed E-state index contributed by atoms with van der Waals surface area (Å²) in [6, 6.07) is 0. The summed E-state index contributed by atoms with van der Waals surface area (Å²) in [5, 5.41) is 7.68. The van der Waals surface area contributed by atoms with E-state index >= 15 is 0 Å². The SMILES string of the molecule is c1nnc(C2CCCCCC2)o1. The van der Waals surface area contributed by atoms with E-state index in [0.29, 0.717) is 5.92 Å². The van der Waals surface area contributed by atoms with Crippen LogP contribution in [0, 0.1) is 0 Å². The maximum Gasteiger partial charge on any atom is 0.219 e. The van der Waals surface area contributed by atoms with Gasteiger partial charge in [-0.05, 0) is 12.8 Å². The van der Waals surface area contributed by atoms with Crippen molar-refractivity contribution in [2.24, 2.45) is 0 Å². The van der Waals surface area contributed by atoms with E-state index in [1.807, 2.05) is 0 Å². The minimum Gasteiger partial charge on any atom is -0.428 e. The van der Waals surface area contributed by atoms with Crippen LogP contribution in [0.3, 0.4) is 0 Å². The summed E-state index contributed by atoms with van der Waals surface area (Å²) in [5.41, 5.74) is 0. The van der Waals surface area contributed by atoms with Gasteiger partial charge in [0, 0.05) is 5.92 Å². The van der Waals surface area contributed by atoms with E-state index < -0.39 is 0 Å². The Balaban J connectivity index is 2.02. The number of rotatable bonds is 1. The molecule has 1 heterocycles. The van der Waals surface area contributed by atoms with Crippen molar-refractivity contribution < 1.29 is 4.42 Å². The fourth-order valence-electron chi connectivity index (χ4n) is 1.89. The van der Waals surface area contributed by atoms with Crippen molar-refractivity contribution in [3.8, 4) is 0 Å². The lowest BCUT2D eigenvalue weighted by molar-refractivity contribution is 0.419. The number of hydrogen-bond donors (Lipinski definition) is 0. The van der Waals surface area contributed by atoms with E-state index in [-0.39, 0.29) is 0 Å². The maximum absolute atomic E-state index is 5.21. The van der Waals surface area contributed by atoms with Gasteiger partial charge in [0.25, 0.3) is 0 Å². The largest absolute Gasteiger partial charge is 0.428 e. The quantitative estimate of drug-likeness (QED) is 0.602. The highest BCUT2D eigenvalue weighted by Crippen LogP contribution is 2.29. The molecule has 0 amide bonds. The second-order valence-corrected chi connectivity index (χ2v) is 3.47. The third-order valence-corrected chi connectivity index (χ3v) is 2.58. The van der Waals surface area contributed by atoms with E-state index in [1.165, 1.54) is 44.9 Å². The fourth-order valence-corrected chi connectivity index (χ4v) is 1.89. The van der Waals surface area contributed by atoms with Gasteiger partial charge in [-0.15, -0.1) is 10.2 Å². The summed E-state index contributed by atoms with van der Waals surface area (Å²) in [7, 11) is 0. The second-order valence-electron chi connectivity index (χ2n) is 3.47. The average molecular weight is 166 g/mol. The zero-order valence-electron chi connectivity index (χ0n) is 7.20. The number of hydrogen-bond acceptors (Lipinski definition) is 3. The number of aromatic nitrogens is 2. The predicted octanol–water partition coefficient (Wildman–Crippen LogP) is 2.51. The van der Waals surface area contributed by atoms with Crippen LogP contribution in [-0.4, -0.2) is 10.2 Å². The van der Waals surface area contributed by atoms with E-state index in [2.05, 4.69) is 10.2 Å². The molecule has 1 aromatic rings. The van der Waals surface area contributed by atoms with Gasteiger partial charge in [-0.25, -0.2) is 0 Å². The van der Waals surface area contributed by atoms with Crippen LogP contribution in [0.15, 0.2) is 10.8 Å². The fraction of sp³-hybridized carbons (Fsp3) is 0.778. The van der Waals surface area contributed by atoms with Crippen LogP contribution in [0.4, 0.5) is 0 Å². The van der Waals surface area contributed by atoms with E-state index in [0.717, 1.165) is 5.89 Å². The van der Waals surface area contributed by atoms with Crippen LogP contribution in [0.1, 0.15) is 50.3 Å². The van der Waals surface area contributed by atoms with Gasteiger partial charge in [-0.3, -0.25) is 0 Å². The predicted molar refractivity (Wildman–Crippen MR) is 44.7 cm³/mol. The smallest absolute Gasteiger partial charge is 0.219 e. The Morgan fingerprint density at radius 1 is 1.17 bits per heavy atom. The minimum absolute atomic E-state index is 0.537. The first-order valence-electron chi connectivity index (χ1n) is 4.73. The van der Waals surface area contributed by atoms with Crippen molar-refractivity contribution in [3.63, 3.8) is 0 Å². The van der Waals surface area contributed by atoms with Gasteiger partial charge in [0.05, 0.1) is 0 Å². The highest BCUT2D eigenvalue weighted by Gasteiger charge is 2.18. The lowest BCUT2D eigenvalue weighted by atomic mass is 10.0. The molecule has 66 valence electrons. The molecule has 0 radical (unpaired) electrons. The van der Waals surface area contributed by atoms with E-state index in [4.69, 9.17) is 4.42 Å². The Bertz CT molecular complexity index is 212. The lowest BCUT2D eigenvalue weighted by Crippen LogP contribution is -1.97. The van der Waals surface area contributed by atoms with Gasteiger partial charge in [-0.1, -0.05) is 25.7 Å². The second kappa shape index (κ2) is 3.70. The van der Waals surface area contributed by atoms with Crippen LogP contribution in [-0.2, 0) is 0 Å². The molecule has 1 aliphatic rings. The molecule has 12 heavy (non-hydrogen) atoms. The van der Waals surface area contributed by atoms with Crippen molar-refractivity contribution in [1.29, 1.82) is 0 Å². The maximum atomic E-state index is 5.21. The molecule has 1 fully saturated rings. The van der Waals surface area contributed by atoms with Crippen LogP contribution in [0.25, 0.3) is 0 Å². The van der Waals surface area contributed by atoms with Crippen molar-refractivity contribution in [2.45, 2.75) is 44.4 Å². The molecular formula is C9H14N2O. The van der Waals surface area contributed by atoms with Crippen molar-refractivity contribution in [2.75, 3.05) is 0 Å². The molecule has 0 atom stereocenters. The minimum atomic E-state index is 0.537. The standard InChI is InChI=1S/C9H14N2O/c1-2-4-6-8(5-3-1)9-11-10-7-12-9/h7-8H,1-6H2. The van der Waals surface area contributed by atoms with Gasteiger partial charge < -0.3 is 4.42 Å². The zero-order valence-corrected chi connectivity index (χ0v) is 7.20. The highest BCUT2D eigenvalue weighted by atomic mass is 16.4. The van der Waals surface area contributed by atoms with Gasteiger partial charge in [0.15, 0.2) is 0 Å². The lowest BCUT2D eigenvalue weighted by Gasteiger charge is -2.06. The normalized spacial score (nSPS) is 20.7. The molecule has 0 saturated heterocycles. The van der Waals surface area contributed by atoms with Crippen molar-refractivity contribution in [3.05, 3.63) is 12.3 Å². The molecule has 3 nitrogen and oxygen atoms in total. The first kappa shape index (κ1) is 7.77. The van der Waals surface area contributed by atoms with Gasteiger partial charge >= 0.3 is 0 Å². The molecule has 1 aliphatic carbocycles. The number of nitrogens with zero attached hydrogens (tertiary/aromatic N) is 2. The molecule has 0 bridgehead atoms. The molecule has 0 unspecified atom stereocenters. The summed E-state index contributed by atoms with van der Waals surface area (Å²) in [6.45, 7) is 0. The molecule has 0 spiro atoms. The Morgan fingerprint density at radius 3 is 2.50 bits per heavy atom.